The molecule has 0 spiro atoms. The van der Waals surface area contributed by atoms with Gasteiger partial charge in [0.25, 0.3) is 11.8 Å². The van der Waals surface area contributed by atoms with Gasteiger partial charge >= 0.3 is 0 Å². The molecule has 0 radical (unpaired) electrons. The Morgan fingerprint density at radius 2 is 1.64 bits per heavy atom. The molecule has 0 bridgehead atoms. The van der Waals surface area contributed by atoms with Crippen molar-refractivity contribution in [3.05, 3.63) is 47.3 Å². The van der Waals surface area contributed by atoms with Gasteiger partial charge in [-0.05, 0) is 45.2 Å². The molecule has 1 aliphatic carbocycles. The van der Waals surface area contributed by atoms with Crippen LogP contribution in [0.3, 0.4) is 0 Å². The minimum absolute atomic E-state index is 0.0119. The van der Waals surface area contributed by atoms with Gasteiger partial charge in [-0.3, -0.25) is 9.59 Å². The molecule has 1 atom stereocenters. The summed E-state index contributed by atoms with van der Waals surface area (Å²) in [5.74, 6) is 1.45. The van der Waals surface area contributed by atoms with Gasteiger partial charge in [-0.25, -0.2) is 0 Å². The fraction of sp³-hybridized carbons (Fsp3) is 0.474. The first kappa shape index (κ1) is 16.0. The number of hydrogen-bond acceptors (Lipinski definition) is 4. The summed E-state index contributed by atoms with van der Waals surface area (Å²) in [4.78, 5) is 29.3. The summed E-state index contributed by atoms with van der Waals surface area (Å²) in [6, 6.07) is 3.89. The van der Waals surface area contributed by atoms with Gasteiger partial charge in [0.05, 0.1) is 17.2 Å². The fourth-order valence-corrected chi connectivity index (χ4v) is 3.58. The van der Waals surface area contributed by atoms with Gasteiger partial charge in [0.1, 0.15) is 24.0 Å². The third-order valence-corrected chi connectivity index (χ3v) is 4.97. The van der Waals surface area contributed by atoms with E-state index < -0.39 is 0 Å². The van der Waals surface area contributed by atoms with E-state index in [0.717, 1.165) is 30.8 Å². The van der Waals surface area contributed by atoms with Crippen LogP contribution in [0.25, 0.3) is 0 Å². The van der Waals surface area contributed by atoms with Crippen LogP contribution in [-0.2, 0) is 0 Å². The quantitative estimate of drug-likeness (QED) is 0.857. The van der Waals surface area contributed by atoms with Gasteiger partial charge in [0.15, 0.2) is 0 Å². The molecule has 2 aromatic rings. The van der Waals surface area contributed by atoms with Gasteiger partial charge in [-0.2, -0.15) is 0 Å². The minimum atomic E-state index is -0.0262. The van der Waals surface area contributed by atoms with Gasteiger partial charge in [0.2, 0.25) is 0 Å². The summed E-state index contributed by atoms with van der Waals surface area (Å²) in [5.41, 5.74) is 1.17. The molecule has 1 aliphatic heterocycles. The standard InChI is InChI=1S/C19H22N2O4/c1-12-7-14(10-24-12)18(22)20-6-5-17(9-20)21(16-3-4-16)19(23)15-8-13(2)25-11-15/h7-8,10-11,16-17H,3-6,9H2,1-2H3. The monoisotopic (exact) mass is 342 g/mol. The average Bonchev–Trinajstić information content (AvgIpc) is 2.99. The van der Waals surface area contributed by atoms with E-state index in [-0.39, 0.29) is 17.9 Å². The molecule has 2 fully saturated rings. The second-order valence-electron chi connectivity index (χ2n) is 7.03. The lowest BCUT2D eigenvalue weighted by atomic mass is 10.1. The Balaban J connectivity index is 1.48. The third-order valence-electron chi connectivity index (χ3n) is 4.97. The van der Waals surface area contributed by atoms with Crippen LogP contribution in [0.5, 0.6) is 0 Å². The zero-order valence-electron chi connectivity index (χ0n) is 14.5. The van der Waals surface area contributed by atoms with E-state index in [9.17, 15) is 9.59 Å². The van der Waals surface area contributed by atoms with Crippen molar-refractivity contribution in [2.75, 3.05) is 13.1 Å². The molecule has 132 valence electrons. The summed E-state index contributed by atoms with van der Waals surface area (Å²) in [6.07, 6.45) is 5.91. The van der Waals surface area contributed by atoms with Gasteiger partial charge < -0.3 is 18.6 Å². The molecule has 0 aromatic carbocycles. The fourth-order valence-electron chi connectivity index (χ4n) is 3.58. The van der Waals surface area contributed by atoms with Crippen molar-refractivity contribution >= 4 is 11.8 Å². The van der Waals surface area contributed by atoms with E-state index in [4.69, 9.17) is 8.83 Å². The van der Waals surface area contributed by atoms with Crippen molar-refractivity contribution in [3.63, 3.8) is 0 Å². The Morgan fingerprint density at radius 3 is 2.20 bits per heavy atom. The number of hydrogen-bond donors (Lipinski definition) is 0. The van der Waals surface area contributed by atoms with Crippen LogP contribution in [0.1, 0.15) is 51.5 Å². The summed E-state index contributed by atoms with van der Waals surface area (Å²) in [5, 5.41) is 0. The van der Waals surface area contributed by atoms with E-state index in [1.54, 1.807) is 12.1 Å². The number of likely N-dealkylation sites (tertiary alicyclic amines) is 1. The Morgan fingerprint density at radius 1 is 1.00 bits per heavy atom. The molecule has 1 unspecified atom stereocenters. The average molecular weight is 342 g/mol. The van der Waals surface area contributed by atoms with E-state index >= 15 is 0 Å². The summed E-state index contributed by atoms with van der Waals surface area (Å²) in [6.45, 7) is 4.89. The van der Waals surface area contributed by atoms with E-state index in [0.29, 0.717) is 30.3 Å². The Labute approximate surface area is 146 Å². The highest BCUT2D eigenvalue weighted by Gasteiger charge is 2.41. The van der Waals surface area contributed by atoms with Crippen LogP contribution >= 0.6 is 0 Å². The molecule has 1 saturated heterocycles. The van der Waals surface area contributed by atoms with Crippen LogP contribution in [-0.4, -0.2) is 46.8 Å². The maximum absolute atomic E-state index is 12.9. The molecule has 6 heteroatoms. The summed E-state index contributed by atoms with van der Waals surface area (Å²) in [7, 11) is 0. The number of nitrogens with zero attached hydrogens (tertiary/aromatic N) is 2. The molecule has 4 rings (SSSR count). The molecule has 2 aromatic heterocycles. The number of carbonyl (C=O) groups is 2. The van der Waals surface area contributed by atoms with E-state index in [2.05, 4.69) is 0 Å². The van der Waals surface area contributed by atoms with Crippen molar-refractivity contribution in [1.82, 2.24) is 9.80 Å². The zero-order chi connectivity index (χ0) is 17.6. The Bertz CT molecular complexity index is 802. The predicted molar refractivity (Wildman–Crippen MR) is 90.4 cm³/mol. The van der Waals surface area contributed by atoms with Crippen molar-refractivity contribution in [1.29, 1.82) is 0 Å². The topological polar surface area (TPSA) is 66.9 Å². The normalized spacial score (nSPS) is 20.1. The third kappa shape index (κ3) is 3.08. The van der Waals surface area contributed by atoms with Crippen LogP contribution in [0.15, 0.2) is 33.5 Å². The predicted octanol–water partition coefficient (Wildman–Crippen LogP) is 3.01. The van der Waals surface area contributed by atoms with Gasteiger partial charge in [-0.15, -0.1) is 0 Å². The zero-order valence-corrected chi connectivity index (χ0v) is 14.5. The Hall–Kier alpha value is -2.50. The highest BCUT2D eigenvalue weighted by atomic mass is 16.3. The maximum Gasteiger partial charge on any atom is 0.257 e. The molecule has 25 heavy (non-hydrogen) atoms. The number of furan rings is 2. The van der Waals surface area contributed by atoms with Crippen molar-refractivity contribution in [3.8, 4) is 0 Å². The highest BCUT2D eigenvalue weighted by Crippen LogP contribution is 2.33. The molecule has 2 aliphatic rings. The molecular formula is C19H22N2O4. The van der Waals surface area contributed by atoms with Crippen LogP contribution in [0, 0.1) is 13.8 Å². The first-order valence-corrected chi connectivity index (χ1v) is 8.75. The van der Waals surface area contributed by atoms with Crippen LogP contribution in [0.2, 0.25) is 0 Å². The summed E-state index contributed by atoms with van der Waals surface area (Å²) >= 11 is 0. The van der Waals surface area contributed by atoms with Crippen molar-refractivity contribution in [2.24, 2.45) is 0 Å². The van der Waals surface area contributed by atoms with Gasteiger partial charge in [0, 0.05) is 19.1 Å². The second kappa shape index (κ2) is 6.10. The number of amides is 2. The SMILES string of the molecule is Cc1cc(C(=O)N2CCC(N(C(=O)c3coc(C)c3)C3CC3)C2)co1. The highest BCUT2D eigenvalue weighted by molar-refractivity contribution is 5.96. The molecule has 3 heterocycles. The van der Waals surface area contributed by atoms with Crippen LogP contribution < -0.4 is 0 Å². The van der Waals surface area contributed by atoms with Crippen molar-refractivity contribution in [2.45, 2.75) is 45.2 Å². The maximum atomic E-state index is 12.9. The van der Waals surface area contributed by atoms with Crippen molar-refractivity contribution < 1.29 is 18.4 Å². The molecule has 6 nitrogen and oxygen atoms in total. The number of aryl methyl sites for hydroxylation is 2. The minimum Gasteiger partial charge on any atom is -0.469 e. The molecular weight excluding hydrogens is 320 g/mol. The van der Waals surface area contributed by atoms with Gasteiger partial charge in [-0.1, -0.05) is 0 Å². The van der Waals surface area contributed by atoms with E-state index in [1.807, 2.05) is 23.6 Å². The van der Waals surface area contributed by atoms with E-state index in [1.165, 1.54) is 12.5 Å². The lowest BCUT2D eigenvalue weighted by Crippen LogP contribution is -2.44. The molecule has 2 amide bonds. The first-order valence-electron chi connectivity index (χ1n) is 8.75. The number of rotatable bonds is 4. The summed E-state index contributed by atoms with van der Waals surface area (Å²) < 4.78 is 10.5. The van der Waals surface area contributed by atoms with Crippen LogP contribution in [0.4, 0.5) is 0 Å². The largest absolute Gasteiger partial charge is 0.469 e. The lowest BCUT2D eigenvalue weighted by molar-refractivity contribution is 0.0640. The lowest BCUT2D eigenvalue weighted by Gasteiger charge is -2.29. The molecule has 0 N–H and O–H groups in total. The number of carbonyl (C=O) groups excluding carboxylic acids is 2. The molecule has 1 saturated carbocycles. The second-order valence-corrected chi connectivity index (χ2v) is 7.03. The smallest absolute Gasteiger partial charge is 0.257 e. The first-order chi connectivity index (χ1) is 12.0. The Kier molecular flexibility index (Phi) is 3.90.